The van der Waals surface area contributed by atoms with E-state index in [-0.39, 0.29) is 10.8 Å². The smallest absolute Gasteiger partial charge is 0.193 e. The van der Waals surface area contributed by atoms with Crippen LogP contribution in [0.2, 0.25) is 18.1 Å². The minimum atomic E-state index is -1.58. The van der Waals surface area contributed by atoms with Crippen LogP contribution in [0.1, 0.15) is 48.5 Å². The highest BCUT2D eigenvalue weighted by molar-refractivity contribution is 6.75. The van der Waals surface area contributed by atoms with Crippen LogP contribution in [0.5, 0.6) is 0 Å². The molecule has 0 aromatic rings. The van der Waals surface area contributed by atoms with Gasteiger partial charge in [0, 0.05) is 0 Å². The molecule has 1 nitrogen and oxygen atoms in total. The SMILES string of the molecule is CC(C)(C)C1O[Si](C)(C)C(C)(C)C1(C)C. The Morgan fingerprint density at radius 1 is 1.00 bits per heavy atom. The van der Waals surface area contributed by atoms with E-state index in [0.29, 0.717) is 11.1 Å². The molecule has 1 aliphatic heterocycles. The second kappa shape index (κ2) is 3.10. The van der Waals surface area contributed by atoms with Crippen LogP contribution >= 0.6 is 0 Å². The average Bonchev–Trinajstić information content (AvgIpc) is 2.07. The van der Waals surface area contributed by atoms with Crippen LogP contribution < -0.4 is 0 Å². The lowest BCUT2D eigenvalue weighted by molar-refractivity contribution is 0.00954. The van der Waals surface area contributed by atoms with Crippen molar-refractivity contribution in [1.29, 1.82) is 0 Å². The van der Waals surface area contributed by atoms with Gasteiger partial charge in [-0.1, -0.05) is 48.5 Å². The molecule has 2 heteroatoms. The van der Waals surface area contributed by atoms with E-state index in [2.05, 4.69) is 61.6 Å². The zero-order valence-electron chi connectivity index (χ0n) is 12.0. The van der Waals surface area contributed by atoms with Crippen LogP contribution in [0.15, 0.2) is 0 Å². The summed E-state index contributed by atoms with van der Waals surface area (Å²) >= 11 is 0. The highest BCUT2D eigenvalue weighted by Gasteiger charge is 2.63. The molecular formula is C13H28OSi. The van der Waals surface area contributed by atoms with Gasteiger partial charge in [0.1, 0.15) is 0 Å². The predicted octanol–water partition coefficient (Wildman–Crippen LogP) is 4.44. The maximum atomic E-state index is 6.48. The largest absolute Gasteiger partial charge is 0.413 e. The monoisotopic (exact) mass is 228 g/mol. The van der Waals surface area contributed by atoms with E-state index in [1.165, 1.54) is 0 Å². The molecule has 0 aliphatic carbocycles. The Kier molecular flexibility index (Phi) is 2.74. The maximum Gasteiger partial charge on any atom is 0.193 e. The highest BCUT2D eigenvalue weighted by Crippen LogP contribution is 2.63. The molecule has 0 saturated carbocycles. The third-order valence-corrected chi connectivity index (χ3v) is 9.45. The molecule has 1 aliphatic rings. The molecular weight excluding hydrogens is 200 g/mol. The summed E-state index contributed by atoms with van der Waals surface area (Å²) in [5.41, 5.74) is 0.502. The molecule has 1 unspecified atom stereocenters. The third-order valence-electron chi connectivity index (χ3n) is 4.97. The summed E-state index contributed by atoms with van der Waals surface area (Å²) in [5, 5.41) is 0.331. The number of hydrogen-bond acceptors (Lipinski definition) is 1. The lowest BCUT2D eigenvalue weighted by Gasteiger charge is -2.44. The lowest BCUT2D eigenvalue weighted by atomic mass is 9.67. The van der Waals surface area contributed by atoms with E-state index < -0.39 is 8.32 Å². The fraction of sp³-hybridized carbons (Fsp3) is 1.00. The summed E-state index contributed by atoms with van der Waals surface area (Å²) in [6.45, 7) is 21.2. The molecule has 1 atom stereocenters. The quantitative estimate of drug-likeness (QED) is 0.557. The van der Waals surface area contributed by atoms with Gasteiger partial charge in [0.15, 0.2) is 8.32 Å². The van der Waals surface area contributed by atoms with E-state index in [9.17, 15) is 0 Å². The molecule has 0 amide bonds. The van der Waals surface area contributed by atoms with Crippen molar-refractivity contribution in [2.45, 2.75) is 72.7 Å². The van der Waals surface area contributed by atoms with Crippen LogP contribution in [0.25, 0.3) is 0 Å². The number of hydrogen-bond donors (Lipinski definition) is 0. The molecule has 0 aromatic heterocycles. The first-order chi connectivity index (χ1) is 6.34. The maximum absolute atomic E-state index is 6.48. The first-order valence-corrected chi connectivity index (χ1v) is 8.93. The van der Waals surface area contributed by atoms with Crippen molar-refractivity contribution >= 4 is 8.32 Å². The molecule has 1 saturated heterocycles. The number of rotatable bonds is 0. The Labute approximate surface area is 96.7 Å². The van der Waals surface area contributed by atoms with Gasteiger partial charge in [-0.25, -0.2) is 0 Å². The van der Waals surface area contributed by atoms with Gasteiger partial charge in [0.2, 0.25) is 0 Å². The minimum absolute atomic E-state index is 0.238. The summed E-state index contributed by atoms with van der Waals surface area (Å²) < 4.78 is 6.48. The van der Waals surface area contributed by atoms with Gasteiger partial charge >= 0.3 is 0 Å². The van der Waals surface area contributed by atoms with Crippen molar-refractivity contribution in [1.82, 2.24) is 0 Å². The topological polar surface area (TPSA) is 9.23 Å². The molecule has 0 spiro atoms. The molecule has 0 aromatic carbocycles. The van der Waals surface area contributed by atoms with E-state index in [4.69, 9.17) is 4.43 Å². The van der Waals surface area contributed by atoms with Crippen LogP contribution in [0.3, 0.4) is 0 Å². The minimum Gasteiger partial charge on any atom is -0.413 e. The van der Waals surface area contributed by atoms with E-state index in [1.54, 1.807) is 0 Å². The van der Waals surface area contributed by atoms with Crippen molar-refractivity contribution in [3.63, 3.8) is 0 Å². The fourth-order valence-corrected chi connectivity index (χ4v) is 6.17. The van der Waals surface area contributed by atoms with Crippen LogP contribution in [-0.4, -0.2) is 14.4 Å². The normalized spacial score (nSPS) is 33.0. The van der Waals surface area contributed by atoms with Crippen molar-refractivity contribution in [2.75, 3.05) is 0 Å². The van der Waals surface area contributed by atoms with Gasteiger partial charge in [0.25, 0.3) is 0 Å². The molecule has 0 radical (unpaired) electrons. The second-order valence-corrected chi connectivity index (χ2v) is 12.2. The fourth-order valence-electron chi connectivity index (χ4n) is 2.95. The summed E-state index contributed by atoms with van der Waals surface area (Å²) in [6, 6.07) is 0. The van der Waals surface area contributed by atoms with Gasteiger partial charge in [0.05, 0.1) is 6.10 Å². The molecule has 0 bridgehead atoms. The van der Waals surface area contributed by atoms with Crippen molar-refractivity contribution in [2.24, 2.45) is 10.8 Å². The molecule has 1 heterocycles. The molecule has 90 valence electrons. The Morgan fingerprint density at radius 2 is 1.40 bits per heavy atom. The summed E-state index contributed by atoms with van der Waals surface area (Å²) in [5.74, 6) is 0. The summed E-state index contributed by atoms with van der Waals surface area (Å²) in [7, 11) is -1.58. The Balaban J connectivity index is 3.20. The zero-order chi connectivity index (χ0) is 12.3. The highest BCUT2D eigenvalue weighted by atomic mass is 28.4. The first kappa shape index (κ1) is 13.2. The zero-order valence-corrected chi connectivity index (χ0v) is 13.0. The molecule has 1 fully saturated rings. The standard InChI is InChI=1S/C13H28OSi/c1-11(2,3)10-12(4,5)13(6,7)15(8,9)14-10/h10H,1-9H3. The summed E-state index contributed by atoms with van der Waals surface area (Å²) in [4.78, 5) is 0. The average molecular weight is 228 g/mol. The predicted molar refractivity (Wildman–Crippen MR) is 69.6 cm³/mol. The first-order valence-electron chi connectivity index (χ1n) is 6.02. The van der Waals surface area contributed by atoms with Crippen LogP contribution in [-0.2, 0) is 4.43 Å². The van der Waals surface area contributed by atoms with Gasteiger partial charge < -0.3 is 4.43 Å². The summed E-state index contributed by atoms with van der Waals surface area (Å²) in [6.07, 6.45) is 0.377. The van der Waals surface area contributed by atoms with Crippen molar-refractivity contribution < 1.29 is 4.43 Å². The molecule has 0 N–H and O–H groups in total. The second-order valence-electron chi connectivity index (χ2n) is 7.72. The Morgan fingerprint density at radius 3 is 1.53 bits per heavy atom. The van der Waals surface area contributed by atoms with E-state index in [0.717, 1.165) is 0 Å². The lowest BCUT2D eigenvalue weighted by Crippen LogP contribution is -2.42. The van der Waals surface area contributed by atoms with Gasteiger partial charge in [-0.05, 0) is 29.0 Å². The van der Waals surface area contributed by atoms with Crippen LogP contribution in [0, 0.1) is 10.8 Å². The Hall–Kier alpha value is 0.177. The van der Waals surface area contributed by atoms with Gasteiger partial charge in [-0.15, -0.1) is 0 Å². The molecule has 1 rings (SSSR count). The third kappa shape index (κ3) is 1.70. The van der Waals surface area contributed by atoms with E-state index in [1.807, 2.05) is 0 Å². The van der Waals surface area contributed by atoms with Crippen molar-refractivity contribution in [3.05, 3.63) is 0 Å². The Bertz CT molecular complexity index is 258. The van der Waals surface area contributed by atoms with Gasteiger partial charge in [-0.3, -0.25) is 0 Å². The van der Waals surface area contributed by atoms with E-state index >= 15 is 0 Å². The van der Waals surface area contributed by atoms with Crippen molar-refractivity contribution in [3.8, 4) is 0 Å². The van der Waals surface area contributed by atoms with Crippen LogP contribution in [0.4, 0.5) is 0 Å². The molecule has 15 heavy (non-hydrogen) atoms. The van der Waals surface area contributed by atoms with Gasteiger partial charge in [-0.2, -0.15) is 0 Å².